The van der Waals surface area contributed by atoms with Crippen molar-refractivity contribution in [2.75, 3.05) is 11.9 Å². The zero-order chi connectivity index (χ0) is 13.0. The first-order chi connectivity index (χ1) is 8.70. The molecule has 0 aliphatic heterocycles. The monoisotopic (exact) mass is 245 g/mol. The molecule has 0 fully saturated rings. The van der Waals surface area contributed by atoms with Crippen LogP contribution in [0, 0.1) is 6.92 Å². The van der Waals surface area contributed by atoms with Crippen molar-refractivity contribution in [3.63, 3.8) is 0 Å². The van der Waals surface area contributed by atoms with Crippen LogP contribution in [-0.4, -0.2) is 12.5 Å². The standard InChI is InChI=1S/C14H15NO3/c1-3-17-12-7-6-11(9-10(12)2)15-14(16)13-5-4-8-18-13/h4-9H,3H2,1-2H3,(H,15,16). The second kappa shape index (κ2) is 5.40. The third-order valence-electron chi connectivity index (χ3n) is 2.48. The molecule has 1 amide bonds. The summed E-state index contributed by atoms with van der Waals surface area (Å²) in [6.07, 6.45) is 1.47. The lowest BCUT2D eigenvalue weighted by molar-refractivity contribution is 0.0996. The minimum Gasteiger partial charge on any atom is -0.494 e. The summed E-state index contributed by atoms with van der Waals surface area (Å²) in [5.41, 5.74) is 1.70. The Hall–Kier alpha value is -2.23. The minimum absolute atomic E-state index is 0.261. The van der Waals surface area contributed by atoms with Crippen LogP contribution in [0.3, 0.4) is 0 Å². The molecule has 1 aromatic heterocycles. The number of rotatable bonds is 4. The van der Waals surface area contributed by atoms with Crippen LogP contribution in [0.15, 0.2) is 41.0 Å². The van der Waals surface area contributed by atoms with E-state index in [1.165, 1.54) is 6.26 Å². The van der Waals surface area contributed by atoms with E-state index in [1.807, 2.05) is 26.0 Å². The van der Waals surface area contributed by atoms with Gasteiger partial charge in [-0.1, -0.05) is 0 Å². The van der Waals surface area contributed by atoms with Crippen LogP contribution in [-0.2, 0) is 0 Å². The highest BCUT2D eigenvalue weighted by Crippen LogP contribution is 2.22. The van der Waals surface area contributed by atoms with E-state index in [-0.39, 0.29) is 5.91 Å². The number of carbonyl (C=O) groups excluding carboxylic acids is 1. The number of benzene rings is 1. The molecule has 2 aromatic rings. The van der Waals surface area contributed by atoms with Gasteiger partial charge in [-0.25, -0.2) is 0 Å². The van der Waals surface area contributed by atoms with Crippen LogP contribution in [0.5, 0.6) is 5.75 Å². The molecule has 94 valence electrons. The van der Waals surface area contributed by atoms with Crippen molar-refractivity contribution in [3.05, 3.63) is 47.9 Å². The average molecular weight is 245 g/mol. The van der Waals surface area contributed by atoms with E-state index < -0.39 is 0 Å². The highest BCUT2D eigenvalue weighted by Gasteiger charge is 2.09. The third kappa shape index (κ3) is 2.71. The molecular formula is C14H15NO3. The number of aryl methyl sites for hydroxylation is 1. The molecule has 2 rings (SSSR count). The molecule has 0 radical (unpaired) electrons. The van der Waals surface area contributed by atoms with Crippen LogP contribution in [0.25, 0.3) is 0 Å². The SMILES string of the molecule is CCOc1ccc(NC(=O)c2ccco2)cc1C. The van der Waals surface area contributed by atoms with Crippen molar-refractivity contribution in [2.45, 2.75) is 13.8 Å². The fraction of sp³-hybridized carbons (Fsp3) is 0.214. The minimum atomic E-state index is -0.261. The number of hydrogen-bond acceptors (Lipinski definition) is 3. The number of amides is 1. The largest absolute Gasteiger partial charge is 0.494 e. The van der Waals surface area contributed by atoms with Crippen molar-refractivity contribution < 1.29 is 13.9 Å². The summed E-state index contributed by atoms with van der Waals surface area (Å²) in [6.45, 7) is 4.50. The van der Waals surface area contributed by atoms with Gasteiger partial charge in [0, 0.05) is 5.69 Å². The van der Waals surface area contributed by atoms with E-state index in [0.717, 1.165) is 17.0 Å². The van der Waals surface area contributed by atoms with Gasteiger partial charge in [-0.3, -0.25) is 4.79 Å². The van der Waals surface area contributed by atoms with E-state index in [0.29, 0.717) is 12.4 Å². The first kappa shape index (κ1) is 12.2. The second-order valence-corrected chi connectivity index (χ2v) is 3.84. The maximum atomic E-state index is 11.8. The van der Waals surface area contributed by atoms with Gasteiger partial charge in [-0.15, -0.1) is 0 Å². The van der Waals surface area contributed by atoms with E-state index in [2.05, 4.69) is 5.32 Å². The van der Waals surface area contributed by atoms with Crippen LogP contribution >= 0.6 is 0 Å². The quantitative estimate of drug-likeness (QED) is 0.899. The Kier molecular flexibility index (Phi) is 3.67. The van der Waals surface area contributed by atoms with Gasteiger partial charge < -0.3 is 14.5 Å². The number of carbonyl (C=O) groups is 1. The summed E-state index contributed by atoms with van der Waals surface area (Å²) in [5.74, 6) is 0.860. The molecule has 1 aromatic carbocycles. The highest BCUT2D eigenvalue weighted by molar-refractivity contribution is 6.02. The lowest BCUT2D eigenvalue weighted by Gasteiger charge is -2.09. The number of ether oxygens (including phenoxy) is 1. The molecular weight excluding hydrogens is 230 g/mol. The van der Waals surface area contributed by atoms with Gasteiger partial charge in [0.2, 0.25) is 0 Å². The van der Waals surface area contributed by atoms with E-state index in [1.54, 1.807) is 18.2 Å². The number of anilines is 1. The average Bonchev–Trinajstić information content (AvgIpc) is 2.86. The summed E-state index contributed by atoms with van der Waals surface area (Å²) in [7, 11) is 0. The van der Waals surface area contributed by atoms with Crippen LogP contribution in [0.1, 0.15) is 23.0 Å². The van der Waals surface area contributed by atoms with E-state index in [4.69, 9.17) is 9.15 Å². The molecule has 4 heteroatoms. The van der Waals surface area contributed by atoms with Gasteiger partial charge in [0.1, 0.15) is 5.75 Å². The fourth-order valence-electron chi connectivity index (χ4n) is 1.65. The number of furan rings is 1. The van der Waals surface area contributed by atoms with Crippen LogP contribution in [0.2, 0.25) is 0 Å². The Morgan fingerprint density at radius 2 is 2.22 bits per heavy atom. The molecule has 0 saturated carbocycles. The molecule has 0 aliphatic rings. The van der Waals surface area contributed by atoms with Crippen LogP contribution in [0.4, 0.5) is 5.69 Å². The molecule has 1 N–H and O–H groups in total. The van der Waals surface area contributed by atoms with Gasteiger partial charge in [-0.2, -0.15) is 0 Å². The lowest BCUT2D eigenvalue weighted by Crippen LogP contribution is -2.11. The summed E-state index contributed by atoms with van der Waals surface area (Å²) in [5, 5.41) is 2.77. The Labute approximate surface area is 106 Å². The van der Waals surface area contributed by atoms with Gasteiger partial charge in [0.05, 0.1) is 12.9 Å². The summed E-state index contributed by atoms with van der Waals surface area (Å²) in [4.78, 5) is 11.8. The zero-order valence-corrected chi connectivity index (χ0v) is 10.4. The third-order valence-corrected chi connectivity index (χ3v) is 2.48. The van der Waals surface area contributed by atoms with Gasteiger partial charge in [0.15, 0.2) is 5.76 Å². The molecule has 0 aliphatic carbocycles. The first-order valence-corrected chi connectivity index (χ1v) is 5.79. The van der Waals surface area contributed by atoms with Gasteiger partial charge in [-0.05, 0) is 49.7 Å². The summed E-state index contributed by atoms with van der Waals surface area (Å²) in [6, 6.07) is 8.82. The molecule has 0 spiro atoms. The Balaban J connectivity index is 2.11. The van der Waals surface area contributed by atoms with Crippen molar-refractivity contribution in [1.82, 2.24) is 0 Å². The molecule has 1 heterocycles. The molecule has 0 unspecified atom stereocenters. The first-order valence-electron chi connectivity index (χ1n) is 5.79. The second-order valence-electron chi connectivity index (χ2n) is 3.84. The highest BCUT2D eigenvalue weighted by atomic mass is 16.5. The van der Waals surface area contributed by atoms with Gasteiger partial charge >= 0.3 is 0 Å². The Morgan fingerprint density at radius 1 is 1.39 bits per heavy atom. The Morgan fingerprint density at radius 3 is 2.83 bits per heavy atom. The predicted molar refractivity (Wildman–Crippen MR) is 69.0 cm³/mol. The fourth-order valence-corrected chi connectivity index (χ4v) is 1.65. The van der Waals surface area contributed by atoms with E-state index >= 15 is 0 Å². The smallest absolute Gasteiger partial charge is 0.291 e. The summed E-state index contributed by atoms with van der Waals surface area (Å²) >= 11 is 0. The van der Waals surface area contributed by atoms with Crippen LogP contribution < -0.4 is 10.1 Å². The number of hydrogen-bond donors (Lipinski definition) is 1. The Bertz CT molecular complexity index is 532. The van der Waals surface area contributed by atoms with Crippen molar-refractivity contribution in [1.29, 1.82) is 0 Å². The molecule has 0 saturated heterocycles. The number of nitrogens with one attached hydrogen (secondary N) is 1. The topological polar surface area (TPSA) is 51.5 Å². The maximum absolute atomic E-state index is 11.8. The molecule has 0 atom stereocenters. The molecule has 4 nitrogen and oxygen atoms in total. The zero-order valence-electron chi connectivity index (χ0n) is 10.4. The molecule has 18 heavy (non-hydrogen) atoms. The predicted octanol–water partition coefficient (Wildman–Crippen LogP) is 3.24. The van der Waals surface area contributed by atoms with Crippen molar-refractivity contribution in [3.8, 4) is 5.75 Å². The summed E-state index contributed by atoms with van der Waals surface area (Å²) < 4.78 is 10.5. The van der Waals surface area contributed by atoms with Crippen molar-refractivity contribution >= 4 is 11.6 Å². The van der Waals surface area contributed by atoms with E-state index in [9.17, 15) is 4.79 Å². The normalized spacial score (nSPS) is 10.1. The molecule has 0 bridgehead atoms. The lowest BCUT2D eigenvalue weighted by atomic mass is 10.2. The van der Waals surface area contributed by atoms with Gasteiger partial charge in [0.25, 0.3) is 5.91 Å². The maximum Gasteiger partial charge on any atom is 0.291 e. The van der Waals surface area contributed by atoms with Crippen molar-refractivity contribution in [2.24, 2.45) is 0 Å².